The quantitative estimate of drug-likeness (QED) is 0.658. The van der Waals surface area contributed by atoms with Crippen molar-refractivity contribution in [2.45, 2.75) is 18.9 Å². The number of benzene rings is 1. The fraction of sp³-hybridized carbons (Fsp3) is 0.400. The number of nitrogens with one attached hydrogen (secondary N) is 1. The highest BCUT2D eigenvalue weighted by Gasteiger charge is 2.20. The second-order valence-electron chi connectivity index (χ2n) is 3.62. The minimum absolute atomic E-state index is 0. The molecule has 0 amide bonds. The molecule has 1 fully saturated rings. The zero-order valence-corrected chi connectivity index (χ0v) is 10.1. The molecule has 0 saturated carbocycles. The third-order valence-corrected chi connectivity index (χ3v) is 2.95. The van der Waals surface area contributed by atoms with E-state index in [4.69, 9.17) is 11.6 Å². The first kappa shape index (κ1) is 13.2. The number of halogens is 2. The summed E-state index contributed by atoms with van der Waals surface area (Å²) in [7, 11) is 0. The highest BCUT2D eigenvalue weighted by atomic mass is 35.5. The van der Waals surface area contributed by atoms with Crippen molar-refractivity contribution in [2.24, 2.45) is 0 Å². The van der Waals surface area contributed by atoms with Gasteiger partial charge in [0.15, 0.2) is 0 Å². The van der Waals surface area contributed by atoms with Crippen molar-refractivity contribution in [1.29, 1.82) is 0 Å². The highest BCUT2D eigenvalue weighted by molar-refractivity contribution is 6.32. The van der Waals surface area contributed by atoms with Crippen LogP contribution in [0.4, 0.5) is 5.69 Å². The molecule has 1 aliphatic heterocycles. The smallest absolute Gasteiger partial charge is 0.288 e. The Morgan fingerprint density at radius 2 is 2.25 bits per heavy atom. The van der Waals surface area contributed by atoms with E-state index in [1.165, 1.54) is 0 Å². The number of nitrogens with zero attached hydrogens (tertiary/aromatic N) is 1. The molecule has 1 N–H and O–H groups in total. The molecule has 88 valence electrons. The summed E-state index contributed by atoms with van der Waals surface area (Å²) in [6, 6.07) is 5.24. The van der Waals surface area contributed by atoms with Crippen molar-refractivity contribution < 1.29 is 4.92 Å². The molecule has 0 spiro atoms. The van der Waals surface area contributed by atoms with Crippen LogP contribution in [-0.4, -0.2) is 11.5 Å². The topological polar surface area (TPSA) is 55.2 Å². The third-order valence-electron chi connectivity index (χ3n) is 2.63. The van der Waals surface area contributed by atoms with Crippen LogP contribution in [0.15, 0.2) is 18.2 Å². The van der Waals surface area contributed by atoms with Crippen LogP contribution in [0.1, 0.15) is 24.4 Å². The van der Waals surface area contributed by atoms with Crippen molar-refractivity contribution >= 4 is 29.7 Å². The molecule has 1 aromatic rings. The molecule has 16 heavy (non-hydrogen) atoms. The van der Waals surface area contributed by atoms with Gasteiger partial charge in [-0.1, -0.05) is 17.7 Å². The van der Waals surface area contributed by atoms with Gasteiger partial charge in [0.05, 0.1) is 4.92 Å². The summed E-state index contributed by atoms with van der Waals surface area (Å²) in [5.74, 6) is 0. The molecule has 0 aromatic heterocycles. The summed E-state index contributed by atoms with van der Waals surface area (Å²) in [5, 5.41) is 14.2. The van der Waals surface area contributed by atoms with E-state index in [0.717, 1.165) is 24.9 Å². The van der Waals surface area contributed by atoms with E-state index in [2.05, 4.69) is 5.32 Å². The Bertz CT molecular complexity index is 392. The van der Waals surface area contributed by atoms with Gasteiger partial charge in [-0.05, 0) is 31.0 Å². The maximum absolute atomic E-state index is 10.7. The normalized spacial score (nSPS) is 19.2. The minimum Gasteiger partial charge on any atom is -0.310 e. The Kier molecular flexibility index (Phi) is 4.53. The lowest BCUT2D eigenvalue weighted by Crippen LogP contribution is -2.12. The van der Waals surface area contributed by atoms with E-state index in [1.807, 2.05) is 6.07 Å². The van der Waals surface area contributed by atoms with Gasteiger partial charge in [-0.15, -0.1) is 12.4 Å². The van der Waals surface area contributed by atoms with Gasteiger partial charge in [0.25, 0.3) is 5.69 Å². The van der Waals surface area contributed by atoms with Gasteiger partial charge in [-0.3, -0.25) is 10.1 Å². The average molecular weight is 263 g/mol. The molecule has 0 aliphatic carbocycles. The van der Waals surface area contributed by atoms with Gasteiger partial charge in [0.2, 0.25) is 0 Å². The molecule has 0 radical (unpaired) electrons. The minimum atomic E-state index is -0.444. The Morgan fingerprint density at radius 1 is 1.50 bits per heavy atom. The predicted octanol–water partition coefficient (Wildman–Crippen LogP) is 3.09. The predicted molar refractivity (Wildman–Crippen MR) is 65.3 cm³/mol. The first-order valence-corrected chi connectivity index (χ1v) is 5.23. The molecule has 1 aromatic carbocycles. The van der Waals surface area contributed by atoms with E-state index in [-0.39, 0.29) is 29.2 Å². The Labute approximate surface area is 105 Å². The lowest BCUT2D eigenvalue weighted by Gasteiger charge is -2.10. The van der Waals surface area contributed by atoms with Crippen molar-refractivity contribution in [3.05, 3.63) is 38.9 Å². The summed E-state index contributed by atoms with van der Waals surface area (Å²) in [4.78, 5) is 10.2. The van der Waals surface area contributed by atoms with E-state index >= 15 is 0 Å². The first-order valence-electron chi connectivity index (χ1n) is 4.85. The van der Waals surface area contributed by atoms with Crippen molar-refractivity contribution in [1.82, 2.24) is 5.32 Å². The lowest BCUT2D eigenvalue weighted by atomic mass is 10.0. The highest BCUT2D eigenvalue weighted by Crippen LogP contribution is 2.30. The van der Waals surface area contributed by atoms with Crippen LogP contribution in [-0.2, 0) is 0 Å². The van der Waals surface area contributed by atoms with E-state index in [0.29, 0.717) is 0 Å². The summed E-state index contributed by atoms with van der Waals surface area (Å²) in [6.45, 7) is 0.973. The Morgan fingerprint density at radius 3 is 2.81 bits per heavy atom. The molecular formula is C10H12Cl2N2O2. The number of hydrogen-bond donors (Lipinski definition) is 1. The summed E-state index contributed by atoms with van der Waals surface area (Å²) >= 11 is 5.74. The zero-order valence-electron chi connectivity index (χ0n) is 8.48. The summed E-state index contributed by atoms with van der Waals surface area (Å²) in [5.41, 5.74) is 0.937. The van der Waals surface area contributed by atoms with Gasteiger partial charge in [0, 0.05) is 12.1 Å². The fourth-order valence-electron chi connectivity index (χ4n) is 1.86. The largest absolute Gasteiger partial charge is 0.310 e. The maximum atomic E-state index is 10.7. The second kappa shape index (κ2) is 5.48. The van der Waals surface area contributed by atoms with Gasteiger partial charge in [0.1, 0.15) is 5.02 Å². The molecule has 4 nitrogen and oxygen atoms in total. The van der Waals surface area contributed by atoms with Crippen LogP contribution in [0.3, 0.4) is 0 Å². The van der Waals surface area contributed by atoms with Gasteiger partial charge < -0.3 is 5.32 Å². The van der Waals surface area contributed by atoms with Crippen molar-refractivity contribution in [3.63, 3.8) is 0 Å². The zero-order chi connectivity index (χ0) is 10.8. The number of nitro groups is 1. The third kappa shape index (κ3) is 2.64. The van der Waals surface area contributed by atoms with Crippen LogP contribution in [0, 0.1) is 10.1 Å². The van der Waals surface area contributed by atoms with E-state index in [9.17, 15) is 10.1 Å². The summed E-state index contributed by atoms with van der Waals surface area (Å²) in [6.07, 6.45) is 2.14. The average Bonchev–Trinajstić information content (AvgIpc) is 2.71. The molecule has 0 bridgehead atoms. The summed E-state index contributed by atoms with van der Waals surface area (Å²) < 4.78 is 0. The molecule has 6 heteroatoms. The van der Waals surface area contributed by atoms with Crippen LogP contribution in [0.5, 0.6) is 0 Å². The standard InChI is InChI=1S/C10H11ClN2O2.ClH/c11-8-4-3-7(6-10(8)13(14)15)9-2-1-5-12-9;/h3-4,6,9,12H,1-2,5H2;1H/t9-;/m1./s1. The van der Waals surface area contributed by atoms with E-state index in [1.54, 1.807) is 12.1 Å². The van der Waals surface area contributed by atoms with Gasteiger partial charge >= 0.3 is 0 Å². The van der Waals surface area contributed by atoms with Crippen molar-refractivity contribution in [3.8, 4) is 0 Å². The maximum Gasteiger partial charge on any atom is 0.288 e. The number of nitro benzene ring substituents is 1. The van der Waals surface area contributed by atoms with Gasteiger partial charge in [-0.2, -0.15) is 0 Å². The number of rotatable bonds is 2. The molecule has 1 saturated heterocycles. The molecule has 2 rings (SSSR count). The SMILES string of the molecule is Cl.O=[N+]([O-])c1cc([C@H]2CCCN2)ccc1Cl. The van der Waals surface area contributed by atoms with E-state index < -0.39 is 4.92 Å². The lowest BCUT2D eigenvalue weighted by molar-refractivity contribution is -0.384. The fourth-order valence-corrected chi connectivity index (χ4v) is 2.04. The molecule has 1 atom stereocenters. The monoisotopic (exact) mass is 262 g/mol. The van der Waals surface area contributed by atoms with Crippen LogP contribution in [0.2, 0.25) is 5.02 Å². The van der Waals surface area contributed by atoms with Crippen molar-refractivity contribution in [2.75, 3.05) is 6.54 Å². The molecule has 0 unspecified atom stereocenters. The molecule has 1 aliphatic rings. The van der Waals surface area contributed by atoms with Gasteiger partial charge in [-0.25, -0.2) is 0 Å². The first-order chi connectivity index (χ1) is 7.18. The Balaban J connectivity index is 0.00000128. The van der Waals surface area contributed by atoms with Crippen LogP contribution in [0.25, 0.3) is 0 Å². The Hall–Kier alpha value is -0.840. The molecular weight excluding hydrogens is 251 g/mol. The van der Waals surface area contributed by atoms with Crippen LogP contribution >= 0.6 is 24.0 Å². The second-order valence-corrected chi connectivity index (χ2v) is 4.02. The number of hydrogen-bond acceptors (Lipinski definition) is 3. The molecule has 1 heterocycles. The van der Waals surface area contributed by atoms with Crippen LogP contribution < -0.4 is 5.32 Å².